The smallest absolute Gasteiger partial charge is 0.258 e. The Morgan fingerprint density at radius 2 is 2.05 bits per heavy atom. The Hall–Kier alpha value is -2.14. The van der Waals surface area contributed by atoms with Crippen molar-refractivity contribution in [1.82, 2.24) is 9.36 Å². The summed E-state index contributed by atoms with van der Waals surface area (Å²) in [4.78, 5) is 13.2. The summed E-state index contributed by atoms with van der Waals surface area (Å²) in [7, 11) is -4.11. The highest BCUT2D eigenvalue weighted by atomic mass is 32.2. The minimum Gasteiger partial charge on any atom is -0.258 e. The molecule has 0 fully saturated rings. The normalized spacial score (nSPS) is 11.4. The summed E-state index contributed by atoms with van der Waals surface area (Å²) >= 11 is 0.830. The summed E-state index contributed by atoms with van der Waals surface area (Å²) in [5.41, 5.74) is -1.04. The van der Waals surface area contributed by atoms with Crippen LogP contribution < -0.4 is 4.72 Å². The molecule has 1 aromatic heterocycles. The van der Waals surface area contributed by atoms with Crippen molar-refractivity contribution in [3.05, 3.63) is 39.5 Å². The number of nitro benzene ring substituents is 1. The highest BCUT2D eigenvalue weighted by Gasteiger charge is 2.24. The van der Waals surface area contributed by atoms with Crippen LogP contribution >= 0.6 is 11.5 Å². The predicted octanol–water partition coefficient (Wildman–Crippen LogP) is 2.00. The number of nitro groups is 1. The molecule has 11 heteroatoms. The van der Waals surface area contributed by atoms with E-state index in [1.54, 1.807) is 6.92 Å². The highest BCUT2D eigenvalue weighted by molar-refractivity contribution is 7.93. The molecule has 0 unspecified atom stereocenters. The van der Waals surface area contributed by atoms with Gasteiger partial charge in [-0.3, -0.25) is 14.8 Å². The van der Waals surface area contributed by atoms with Crippen LogP contribution in [0.4, 0.5) is 15.2 Å². The van der Waals surface area contributed by atoms with Crippen molar-refractivity contribution in [1.29, 1.82) is 0 Å². The van der Waals surface area contributed by atoms with E-state index in [-0.39, 0.29) is 10.7 Å². The molecular weight excluding hydrogens is 323 g/mol. The molecule has 0 bridgehead atoms. The summed E-state index contributed by atoms with van der Waals surface area (Å²) in [6, 6.07) is 1.68. The summed E-state index contributed by atoms with van der Waals surface area (Å²) in [5, 5.41) is 10.8. The molecular formula is C10H9FN4O4S2. The lowest BCUT2D eigenvalue weighted by atomic mass is 10.2. The van der Waals surface area contributed by atoms with Gasteiger partial charge in [0.15, 0.2) is 0 Å². The van der Waals surface area contributed by atoms with E-state index in [1.165, 1.54) is 6.92 Å². The fourth-order valence-corrected chi connectivity index (χ4v) is 3.42. The Balaban J connectivity index is 2.47. The van der Waals surface area contributed by atoms with Crippen molar-refractivity contribution in [2.45, 2.75) is 18.7 Å². The number of hydrogen-bond donors (Lipinski definition) is 1. The second kappa shape index (κ2) is 5.33. The maximum atomic E-state index is 13.6. The third-order valence-corrected chi connectivity index (χ3v) is 4.63. The first-order chi connectivity index (χ1) is 9.70. The fourth-order valence-electron chi connectivity index (χ4n) is 1.52. The molecule has 0 atom stereocenters. The summed E-state index contributed by atoms with van der Waals surface area (Å²) in [5.74, 6) is -0.676. The van der Waals surface area contributed by atoms with E-state index in [0.717, 1.165) is 17.6 Å². The highest BCUT2D eigenvalue weighted by Crippen LogP contribution is 2.26. The quantitative estimate of drug-likeness (QED) is 0.676. The molecule has 1 N–H and O–H groups in total. The number of sulfonamides is 1. The first-order valence-corrected chi connectivity index (χ1v) is 7.74. The van der Waals surface area contributed by atoms with Crippen LogP contribution in [0.2, 0.25) is 0 Å². The van der Waals surface area contributed by atoms with Crippen molar-refractivity contribution < 1.29 is 17.7 Å². The maximum Gasteiger partial charge on any atom is 0.306 e. The third-order valence-electron chi connectivity index (χ3n) is 2.47. The number of anilines is 1. The van der Waals surface area contributed by atoms with Crippen LogP contribution in [0.1, 0.15) is 11.4 Å². The monoisotopic (exact) mass is 332 g/mol. The lowest BCUT2D eigenvalue weighted by molar-refractivity contribution is -0.387. The number of hydrogen-bond acceptors (Lipinski definition) is 7. The lowest BCUT2D eigenvalue weighted by Gasteiger charge is -2.06. The van der Waals surface area contributed by atoms with Gasteiger partial charge >= 0.3 is 5.69 Å². The Morgan fingerprint density at radius 3 is 2.57 bits per heavy atom. The molecule has 21 heavy (non-hydrogen) atoms. The van der Waals surface area contributed by atoms with Crippen molar-refractivity contribution >= 4 is 32.4 Å². The van der Waals surface area contributed by atoms with Gasteiger partial charge in [0.25, 0.3) is 10.0 Å². The molecule has 1 heterocycles. The number of nitrogens with one attached hydrogen (secondary N) is 1. The van der Waals surface area contributed by atoms with E-state index in [4.69, 9.17) is 0 Å². The molecule has 2 aromatic rings. The molecule has 0 radical (unpaired) electrons. The number of halogens is 1. The summed E-state index contributed by atoms with van der Waals surface area (Å²) < 4.78 is 43.8. The van der Waals surface area contributed by atoms with Gasteiger partial charge in [0.1, 0.15) is 5.82 Å². The zero-order valence-electron chi connectivity index (χ0n) is 10.8. The first kappa shape index (κ1) is 15.3. The largest absolute Gasteiger partial charge is 0.306 e. The molecule has 2 rings (SSSR count). The number of aromatic nitrogens is 2. The van der Waals surface area contributed by atoms with Crippen LogP contribution in [-0.4, -0.2) is 22.7 Å². The Morgan fingerprint density at radius 1 is 1.38 bits per heavy atom. The van der Waals surface area contributed by atoms with E-state index in [1.807, 2.05) is 0 Å². The van der Waals surface area contributed by atoms with Gasteiger partial charge in [-0.15, -0.1) is 0 Å². The van der Waals surface area contributed by atoms with Gasteiger partial charge in [-0.2, -0.15) is 8.76 Å². The van der Waals surface area contributed by atoms with Crippen LogP contribution in [0.3, 0.4) is 0 Å². The molecule has 0 saturated heterocycles. The SMILES string of the molecule is Cc1nsc(NS(=O)(=O)c2cc(C)c(F)c([N+](=O)[O-])c2)n1. The molecule has 0 aliphatic carbocycles. The van der Waals surface area contributed by atoms with E-state index < -0.39 is 31.3 Å². The Bertz CT molecular complexity index is 818. The third kappa shape index (κ3) is 3.13. The Kier molecular flexibility index (Phi) is 3.87. The van der Waals surface area contributed by atoms with Gasteiger partial charge in [-0.1, -0.05) is 0 Å². The number of aryl methyl sites for hydroxylation is 2. The molecule has 0 aliphatic rings. The van der Waals surface area contributed by atoms with Crippen molar-refractivity contribution in [2.75, 3.05) is 4.72 Å². The van der Waals surface area contributed by atoms with Gasteiger partial charge < -0.3 is 0 Å². The second-order valence-corrected chi connectivity index (χ2v) is 6.52. The molecule has 8 nitrogen and oxygen atoms in total. The molecule has 1 aromatic carbocycles. The molecule has 112 valence electrons. The van der Waals surface area contributed by atoms with E-state index in [9.17, 15) is 22.9 Å². The standard InChI is InChI=1S/C10H9FN4O4S2/c1-5-3-7(4-8(9(5)11)15(16)17)21(18,19)14-10-12-6(2)13-20-10/h3-4H,1-2H3,(H,12,13,14). The predicted molar refractivity (Wildman–Crippen MR) is 73.2 cm³/mol. The van der Waals surface area contributed by atoms with Crippen molar-refractivity contribution in [3.63, 3.8) is 0 Å². The minimum absolute atomic E-state index is 0.0251. The average Bonchev–Trinajstić information content (AvgIpc) is 2.76. The average molecular weight is 332 g/mol. The van der Waals surface area contributed by atoms with Gasteiger partial charge in [-0.05, 0) is 25.5 Å². The first-order valence-electron chi connectivity index (χ1n) is 5.48. The summed E-state index contributed by atoms with van der Waals surface area (Å²) in [6.45, 7) is 2.83. The zero-order chi connectivity index (χ0) is 15.8. The maximum absolute atomic E-state index is 13.6. The lowest BCUT2D eigenvalue weighted by Crippen LogP contribution is -2.14. The van der Waals surface area contributed by atoms with Crippen LogP contribution in [-0.2, 0) is 10.0 Å². The van der Waals surface area contributed by atoms with Crippen molar-refractivity contribution in [2.24, 2.45) is 0 Å². The van der Waals surface area contributed by atoms with Gasteiger partial charge in [-0.25, -0.2) is 13.4 Å². The van der Waals surface area contributed by atoms with Gasteiger partial charge in [0.05, 0.1) is 9.82 Å². The van der Waals surface area contributed by atoms with Crippen LogP contribution in [0.5, 0.6) is 0 Å². The molecule has 0 amide bonds. The van der Waals surface area contributed by atoms with Crippen LogP contribution in [0.25, 0.3) is 0 Å². The molecule has 0 spiro atoms. The van der Waals surface area contributed by atoms with Crippen LogP contribution in [0, 0.1) is 29.8 Å². The van der Waals surface area contributed by atoms with Gasteiger partial charge in [0.2, 0.25) is 10.9 Å². The molecule has 0 aliphatic heterocycles. The van der Waals surface area contributed by atoms with Crippen LogP contribution in [0.15, 0.2) is 17.0 Å². The van der Waals surface area contributed by atoms with Gasteiger partial charge in [0, 0.05) is 17.6 Å². The second-order valence-electron chi connectivity index (χ2n) is 4.08. The number of benzene rings is 1. The minimum atomic E-state index is -4.11. The number of nitrogens with zero attached hydrogens (tertiary/aromatic N) is 3. The summed E-state index contributed by atoms with van der Waals surface area (Å²) in [6.07, 6.45) is 0. The molecule has 0 saturated carbocycles. The number of rotatable bonds is 4. The topological polar surface area (TPSA) is 115 Å². The van der Waals surface area contributed by atoms with E-state index in [2.05, 4.69) is 14.1 Å². The Labute approximate surface area is 123 Å². The van der Waals surface area contributed by atoms with E-state index in [0.29, 0.717) is 11.9 Å². The fraction of sp³-hybridized carbons (Fsp3) is 0.200. The zero-order valence-corrected chi connectivity index (χ0v) is 12.5. The van der Waals surface area contributed by atoms with Crippen molar-refractivity contribution in [3.8, 4) is 0 Å². The van der Waals surface area contributed by atoms with E-state index >= 15 is 0 Å².